The van der Waals surface area contributed by atoms with Gasteiger partial charge >= 0.3 is 23.9 Å². The van der Waals surface area contributed by atoms with Gasteiger partial charge in [-0.3, -0.25) is 14.4 Å². The molecule has 0 radical (unpaired) electrons. The van der Waals surface area contributed by atoms with Crippen molar-refractivity contribution in [3.63, 3.8) is 0 Å². The van der Waals surface area contributed by atoms with E-state index in [1.807, 2.05) is 0 Å². The van der Waals surface area contributed by atoms with Gasteiger partial charge in [0.15, 0.2) is 23.6 Å². The van der Waals surface area contributed by atoms with Crippen molar-refractivity contribution >= 4 is 35.6 Å². The molecule has 0 unspecified atom stereocenters. The molecule has 1 amide bonds. The summed E-state index contributed by atoms with van der Waals surface area (Å²) in [6, 6.07) is 20.9. The number of aliphatic hydroxyl groups excluding tert-OH is 2. The molecule has 1 spiro atoms. The minimum Gasteiger partial charge on any atom is -0.493 e. The van der Waals surface area contributed by atoms with Crippen LogP contribution in [0.15, 0.2) is 108 Å². The van der Waals surface area contributed by atoms with E-state index in [0.29, 0.717) is 0 Å². The molecule has 16 heteroatoms. The zero-order valence-corrected chi connectivity index (χ0v) is 37.1. The first-order chi connectivity index (χ1) is 31.3. The van der Waals surface area contributed by atoms with Gasteiger partial charge in [0.1, 0.15) is 29.7 Å². The number of amides is 1. The van der Waals surface area contributed by atoms with Gasteiger partial charge in [-0.1, -0.05) is 74.5 Å². The van der Waals surface area contributed by atoms with Gasteiger partial charge in [0.2, 0.25) is 0 Å². The Morgan fingerprint density at radius 3 is 2.17 bits per heavy atom. The first-order valence-corrected chi connectivity index (χ1v) is 21.9. The number of esters is 4. The molecule has 2 saturated carbocycles. The van der Waals surface area contributed by atoms with Crippen LogP contribution >= 0.6 is 0 Å². The molecule has 4 N–H and O–H groups in total. The number of ether oxygens (including phenoxy) is 6. The second-order valence-electron chi connectivity index (χ2n) is 18.3. The van der Waals surface area contributed by atoms with E-state index in [-0.39, 0.29) is 59.6 Å². The van der Waals surface area contributed by atoms with Gasteiger partial charge in [0, 0.05) is 42.4 Å². The van der Waals surface area contributed by atoms with Crippen LogP contribution in [-0.4, -0.2) is 112 Å². The number of ketones is 1. The van der Waals surface area contributed by atoms with Crippen molar-refractivity contribution in [3.05, 3.63) is 125 Å². The number of para-hydroxylation sites is 1. The van der Waals surface area contributed by atoms with Crippen LogP contribution in [0, 0.1) is 16.7 Å². The summed E-state index contributed by atoms with van der Waals surface area (Å²) in [6.07, 6.45) is -8.08. The van der Waals surface area contributed by atoms with Gasteiger partial charge in [0.05, 0.1) is 42.3 Å². The molecule has 348 valence electrons. The maximum Gasteiger partial charge on any atom is 0.338 e. The predicted molar refractivity (Wildman–Crippen MR) is 231 cm³/mol. The fraction of sp³-hybridized carbons (Fsp3) is 0.440. The molecular formula is C50H53NO15. The van der Waals surface area contributed by atoms with Gasteiger partial charge < -0.3 is 49.1 Å². The molecule has 2 aliphatic heterocycles. The average molecular weight is 908 g/mol. The first-order valence-electron chi connectivity index (χ1n) is 21.9. The molecule has 5 aliphatic rings. The van der Waals surface area contributed by atoms with E-state index < -0.39 is 113 Å². The molecule has 3 aromatic rings. The highest BCUT2D eigenvalue weighted by Crippen LogP contribution is 2.64. The van der Waals surface area contributed by atoms with Crippen molar-refractivity contribution in [3.8, 4) is 5.75 Å². The Hall–Kier alpha value is -6.20. The minimum atomic E-state index is -2.43. The highest BCUT2D eigenvalue weighted by Gasteiger charge is 2.78. The Bertz CT molecular complexity index is 2490. The van der Waals surface area contributed by atoms with Gasteiger partial charge in [-0.2, -0.15) is 0 Å². The molecule has 3 aromatic carbocycles. The number of carbonyl (C=O) groups is 6. The Labute approximate surface area is 380 Å². The lowest BCUT2D eigenvalue weighted by Gasteiger charge is -2.67. The summed E-state index contributed by atoms with van der Waals surface area (Å²) in [4.78, 5) is 85.6. The second kappa shape index (κ2) is 17.5. The Kier molecular flexibility index (Phi) is 12.3. The molecule has 8 rings (SSSR count). The molecule has 16 nitrogen and oxygen atoms in total. The third-order valence-electron chi connectivity index (χ3n) is 14.3. The Balaban J connectivity index is 1.35. The number of fused-ring (bicyclic) bond motifs is 3. The van der Waals surface area contributed by atoms with Crippen LogP contribution in [0.3, 0.4) is 0 Å². The maximum atomic E-state index is 15.7. The van der Waals surface area contributed by atoms with Crippen molar-refractivity contribution in [2.24, 2.45) is 16.7 Å². The zero-order chi connectivity index (χ0) is 47.3. The molecule has 66 heavy (non-hydrogen) atoms. The highest BCUT2D eigenvalue weighted by atomic mass is 16.6. The Morgan fingerprint density at radius 1 is 0.864 bits per heavy atom. The van der Waals surface area contributed by atoms with Crippen molar-refractivity contribution in [1.82, 2.24) is 5.32 Å². The summed E-state index contributed by atoms with van der Waals surface area (Å²) in [7, 11) is 0. The van der Waals surface area contributed by atoms with Gasteiger partial charge in [-0.25, -0.2) is 14.4 Å². The van der Waals surface area contributed by atoms with Crippen molar-refractivity contribution < 1.29 is 72.5 Å². The van der Waals surface area contributed by atoms with Crippen LogP contribution in [-0.2, 0) is 42.9 Å². The summed E-state index contributed by atoms with van der Waals surface area (Å²) in [5, 5.41) is 40.9. The number of benzene rings is 3. The van der Waals surface area contributed by atoms with Crippen molar-refractivity contribution in [2.75, 3.05) is 13.2 Å². The molecule has 0 aromatic heterocycles. The number of rotatable bonds is 5. The SMILES string of the molecule is CC(=O)O[C@H]1C(=O)[C@@]2(C)[C@@H]3[C@H](OC(=O)c4ccccc4)[C@]4(O)C[C@H](OC(=O)[C@H](O)[C@@H](NC(=O)c5ccccc5)c5ccccc5OCC/C=C\C(=O)O[C@]35CO[C@@H]5C[C@@H]2O)C(C)=C1C4(C)C. The smallest absolute Gasteiger partial charge is 0.338 e. The molecule has 4 bridgehead atoms. The topological polar surface area (TPSA) is 231 Å². The monoisotopic (exact) mass is 907 g/mol. The lowest BCUT2D eigenvalue weighted by Crippen LogP contribution is -2.82. The number of Topliss-reactive ketones (excluding diaryl/α,β-unsaturated/α-hetero) is 1. The van der Waals surface area contributed by atoms with E-state index in [4.69, 9.17) is 28.4 Å². The van der Waals surface area contributed by atoms with Crippen LogP contribution in [0.4, 0.5) is 0 Å². The quantitative estimate of drug-likeness (QED) is 0.161. The molecule has 2 heterocycles. The summed E-state index contributed by atoms with van der Waals surface area (Å²) in [5.74, 6) is -6.93. The Morgan fingerprint density at radius 2 is 1.52 bits per heavy atom. The van der Waals surface area contributed by atoms with Gasteiger partial charge in [-0.05, 0) is 61.7 Å². The van der Waals surface area contributed by atoms with Crippen molar-refractivity contribution in [1.29, 1.82) is 0 Å². The van der Waals surface area contributed by atoms with E-state index in [0.717, 1.165) is 13.0 Å². The predicted octanol–water partition coefficient (Wildman–Crippen LogP) is 4.05. The summed E-state index contributed by atoms with van der Waals surface area (Å²) >= 11 is 0. The number of nitrogens with one attached hydrogen (secondary N) is 1. The third-order valence-corrected chi connectivity index (χ3v) is 14.3. The van der Waals surface area contributed by atoms with Crippen LogP contribution in [0.25, 0.3) is 0 Å². The van der Waals surface area contributed by atoms with E-state index in [9.17, 15) is 39.3 Å². The standard InChI is InChI=1S/C50H53NO15/c1-27-33-25-50(60)43(65-45(58)30-18-10-7-11-19-30)41-48(5,42(56)40(63-28(2)52)37(27)47(50,3)4)34(53)24-35-49(41,26-62-35)66-36(54)22-14-15-23-61-32-21-13-12-20-31(32)38(39(55)46(59)64-33)51-44(57)29-16-8-6-9-17-29/h6-14,16-22,33-35,38-41,43,53,55,60H,15,23-26H2,1-5H3,(H,51,57)/b22-14-/t33-,34-,35+,38-,39+,40+,41-,43-,48+,49-,50+/m0/s1. The third kappa shape index (κ3) is 7.68. The number of aliphatic hydroxyl groups is 3. The van der Waals surface area contributed by atoms with Crippen LogP contribution < -0.4 is 10.1 Å². The van der Waals surface area contributed by atoms with E-state index >= 15 is 4.79 Å². The average Bonchev–Trinajstić information content (AvgIpc) is 3.29. The molecule has 3 aliphatic carbocycles. The molecular weight excluding hydrogens is 855 g/mol. The number of hydrogen-bond donors (Lipinski definition) is 4. The summed E-state index contributed by atoms with van der Waals surface area (Å²) in [5.41, 5.74) is -7.46. The molecule has 11 atom stereocenters. The van der Waals surface area contributed by atoms with E-state index in [2.05, 4.69) is 5.32 Å². The lowest BCUT2D eigenvalue weighted by molar-refractivity contribution is -0.345. The van der Waals surface area contributed by atoms with Crippen LogP contribution in [0.5, 0.6) is 5.75 Å². The largest absolute Gasteiger partial charge is 0.493 e. The van der Waals surface area contributed by atoms with E-state index in [1.165, 1.54) is 32.1 Å². The highest BCUT2D eigenvalue weighted by molar-refractivity contribution is 5.96. The van der Waals surface area contributed by atoms with Crippen molar-refractivity contribution in [2.45, 2.75) is 108 Å². The summed E-state index contributed by atoms with van der Waals surface area (Å²) < 4.78 is 37.0. The molecule has 3 fully saturated rings. The zero-order valence-electron chi connectivity index (χ0n) is 37.1. The van der Waals surface area contributed by atoms with Crippen LogP contribution in [0.2, 0.25) is 0 Å². The van der Waals surface area contributed by atoms with Gasteiger partial charge in [0.25, 0.3) is 5.91 Å². The fourth-order valence-electron chi connectivity index (χ4n) is 10.7. The molecule has 1 saturated heterocycles. The van der Waals surface area contributed by atoms with Crippen LogP contribution in [0.1, 0.15) is 86.2 Å². The minimum absolute atomic E-state index is 0.0177. The lowest BCUT2D eigenvalue weighted by atomic mass is 9.44. The fourth-order valence-corrected chi connectivity index (χ4v) is 10.7. The number of hydrogen-bond acceptors (Lipinski definition) is 15. The normalized spacial score (nSPS) is 34.4. The first kappa shape index (κ1) is 46.3. The maximum absolute atomic E-state index is 15.7. The number of carbonyl (C=O) groups excluding carboxylic acids is 6. The van der Waals surface area contributed by atoms with Gasteiger partial charge in [-0.15, -0.1) is 0 Å². The summed E-state index contributed by atoms with van der Waals surface area (Å²) in [6.45, 7) is 6.76. The second-order valence-corrected chi connectivity index (χ2v) is 18.3. The van der Waals surface area contributed by atoms with E-state index in [1.54, 1.807) is 86.6 Å².